The summed E-state index contributed by atoms with van der Waals surface area (Å²) in [5, 5.41) is 9.49. The predicted octanol–water partition coefficient (Wildman–Crippen LogP) is 2.67. The number of carbonyl (C=O) groups excluding carboxylic acids is 1. The number of hydrogen-bond donors (Lipinski definition) is 3. The average Bonchev–Trinajstić information content (AvgIpc) is 2.97. The van der Waals surface area contributed by atoms with Crippen LogP contribution in [0.5, 0.6) is 0 Å². The number of rotatable bonds is 5. The van der Waals surface area contributed by atoms with Crippen LogP contribution in [-0.2, 0) is 5.54 Å². The molecule has 6 nitrogen and oxygen atoms in total. The lowest BCUT2D eigenvalue weighted by atomic mass is 10.1. The van der Waals surface area contributed by atoms with Crippen LogP contribution in [0.3, 0.4) is 0 Å². The van der Waals surface area contributed by atoms with Crippen molar-refractivity contribution >= 4 is 39.5 Å². The Kier molecular flexibility index (Phi) is 4.48. The summed E-state index contributed by atoms with van der Waals surface area (Å²) in [5.74, 6) is 0.0117. The molecule has 0 aromatic carbocycles. The zero-order valence-electron chi connectivity index (χ0n) is 12.4. The number of amides is 1. The second kappa shape index (κ2) is 5.98. The van der Waals surface area contributed by atoms with Crippen molar-refractivity contribution < 1.29 is 4.79 Å². The molecular formula is C13H19N5OS2. The summed E-state index contributed by atoms with van der Waals surface area (Å²) in [7, 11) is 0. The van der Waals surface area contributed by atoms with E-state index in [1.54, 1.807) is 6.20 Å². The summed E-state index contributed by atoms with van der Waals surface area (Å²) < 4.78 is 0. The van der Waals surface area contributed by atoms with E-state index >= 15 is 0 Å². The molecule has 0 saturated carbocycles. The largest absolute Gasteiger partial charge is 0.382 e. The Balaban J connectivity index is 2.15. The first kappa shape index (κ1) is 15.7. The predicted molar refractivity (Wildman–Crippen MR) is 87.9 cm³/mol. The number of nitrogens with one attached hydrogen (secondary N) is 2. The van der Waals surface area contributed by atoms with E-state index in [1.807, 2.05) is 33.1 Å². The first-order valence-corrected chi connectivity index (χ1v) is 8.24. The van der Waals surface area contributed by atoms with Crippen LogP contribution in [0.1, 0.15) is 42.4 Å². The Bertz CT molecular complexity index is 619. The SMILES string of the molecule is CC(C)Nc1nc(N)c(C(=O)NC(C)(C)c2nccs2)s1. The minimum Gasteiger partial charge on any atom is -0.382 e. The normalized spacial score (nSPS) is 11.7. The Hall–Kier alpha value is -1.67. The lowest BCUT2D eigenvalue weighted by Gasteiger charge is -2.23. The molecule has 0 atom stereocenters. The third kappa shape index (κ3) is 3.70. The van der Waals surface area contributed by atoms with E-state index in [4.69, 9.17) is 5.73 Å². The van der Waals surface area contributed by atoms with Gasteiger partial charge in [-0.3, -0.25) is 4.79 Å². The van der Waals surface area contributed by atoms with Crippen molar-refractivity contribution in [2.45, 2.75) is 39.3 Å². The number of anilines is 2. The molecule has 1 amide bonds. The van der Waals surface area contributed by atoms with Gasteiger partial charge in [-0.1, -0.05) is 11.3 Å². The number of hydrogen-bond acceptors (Lipinski definition) is 7. The van der Waals surface area contributed by atoms with Crippen LogP contribution in [0.25, 0.3) is 0 Å². The average molecular weight is 325 g/mol. The van der Waals surface area contributed by atoms with Gasteiger partial charge >= 0.3 is 0 Å². The third-order valence-electron chi connectivity index (χ3n) is 2.66. The number of nitrogens with zero attached hydrogens (tertiary/aromatic N) is 2. The van der Waals surface area contributed by atoms with Crippen LogP contribution in [0.4, 0.5) is 10.9 Å². The number of nitrogens with two attached hydrogens (primary N) is 1. The van der Waals surface area contributed by atoms with E-state index in [9.17, 15) is 4.79 Å². The van der Waals surface area contributed by atoms with E-state index in [0.29, 0.717) is 10.0 Å². The fourth-order valence-corrected chi connectivity index (χ4v) is 3.37. The minimum atomic E-state index is -0.548. The van der Waals surface area contributed by atoms with Gasteiger partial charge < -0.3 is 16.4 Å². The molecular weight excluding hydrogens is 306 g/mol. The lowest BCUT2D eigenvalue weighted by Crippen LogP contribution is -2.40. The van der Waals surface area contributed by atoms with Crippen LogP contribution in [0, 0.1) is 0 Å². The second-order valence-electron chi connectivity index (χ2n) is 5.45. The summed E-state index contributed by atoms with van der Waals surface area (Å²) in [5.41, 5.74) is 5.29. The van der Waals surface area contributed by atoms with Crippen molar-refractivity contribution in [1.29, 1.82) is 0 Å². The van der Waals surface area contributed by atoms with Gasteiger partial charge in [0.2, 0.25) is 0 Å². The number of thiazole rings is 2. The topological polar surface area (TPSA) is 92.9 Å². The van der Waals surface area contributed by atoms with Crippen LogP contribution in [-0.4, -0.2) is 21.9 Å². The molecule has 0 saturated heterocycles. The fourth-order valence-electron chi connectivity index (χ4n) is 1.73. The zero-order chi connectivity index (χ0) is 15.6. The van der Waals surface area contributed by atoms with Gasteiger partial charge in [-0.05, 0) is 27.7 Å². The standard InChI is InChI=1S/C13H19N5OS2/c1-7(2)16-12-17-9(14)8(21-12)10(19)18-13(3,4)11-15-5-6-20-11/h5-7H,14H2,1-4H3,(H,16,17)(H,18,19). The molecule has 0 unspecified atom stereocenters. The summed E-state index contributed by atoms with van der Waals surface area (Å²) in [6.45, 7) is 7.83. The molecule has 114 valence electrons. The van der Waals surface area contributed by atoms with Crippen molar-refractivity contribution in [3.05, 3.63) is 21.5 Å². The van der Waals surface area contributed by atoms with Crippen molar-refractivity contribution in [2.24, 2.45) is 0 Å². The fraction of sp³-hybridized carbons (Fsp3) is 0.462. The van der Waals surface area contributed by atoms with Crippen molar-refractivity contribution in [1.82, 2.24) is 15.3 Å². The first-order chi connectivity index (χ1) is 9.79. The van der Waals surface area contributed by atoms with Gasteiger partial charge in [0.1, 0.15) is 15.7 Å². The van der Waals surface area contributed by atoms with E-state index in [0.717, 1.165) is 5.01 Å². The van der Waals surface area contributed by atoms with Crippen molar-refractivity contribution in [3.63, 3.8) is 0 Å². The molecule has 21 heavy (non-hydrogen) atoms. The maximum absolute atomic E-state index is 12.4. The van der Waals surface area contributed by atoms with Crippen molar-refractivity contribution in [3.8, 4) is 0 Å². The highest BCUT2D eigenvalue weighted by Crippen LogP contribution is 2.28. The van der Waals surface area contributed by atoms with Crippen LogP contribution < -0.4 is 16.4 Å². The van der Waals surface area contributed by atoms with Gasteiger partial charge in [-0.25, -0.2) is 9.97 Å². The highest BCUT2D eigenvalue weighted by atomic mass is 32.1. The molecule has 0 aliphatic heterocycles. The Morgan fingerprint density at radius 2 is 2.14 bits per heavy atom. The van der Waals surface area contributed by atoms with E-state index in [1.165, 1.54) is 22.7 Å². The smallest absolute Gasteiger partial charge is 0.266 e. The maximum Gasteiger partial charge on any atom is 0.266 e. The monoisotopic (exact) mass is 325 g/mol. The molecule has 2 rings (SSSR count). The van der Waals surface area contributed by atoms with Gasteiger partial charge in [-0.15, -0.1) is 11.3 Å². The molecule has 0 bridgehead atoms. The van der Waals surface area contributed by atoms with E-state index in [2.05, 4.69) is 20.6 Å². The number of nitrogen functional groups attached to an aromatic ring is 1. The second-order valence-corrected chi connectivity index (χ2v) is 7.34. The molecule has 0 aliphatic rings. The summed E-state index contributed by atoms with van der Waals surface area (Å²) in [4.78, 5) is 21.2. The van der Waals surface area contributed by atoms with Crippen LogP contribution in [0.15, 0.2) is 11.6 Å². The summed E-state index contributed by atoms with van der Waals surface area (Å²) >= 11 is 2.76. The lowest BCUT2D eigenvalue weighted by molar-refractivity contribution is 0.0917. The highest BCUT2D eigenvalue weighted by Gasteiger charge is 2.28. The van der Waals surface area contributed by atoms with Gasteiger partial charge in [-0.2, -0.15) is 0 Å². The quantitative estimate of drug-likeness (QED) is 0.786. The number of aromatic nitrogens is 2. The third-order valence-corrected chi connectivity index (χ3v) is 4.76. The molecule has 0 spiro atoms. The summed E-state index contributed by atoms with van der Waals surface area (Å²) in [6.07, 6.45) is 1.72. The molecule has 4 N–H and O–H groups in total. The minimum absolute atomic E-state index is 0.234. The van der Waals surface area contributed by atoms with Crippen molar-refractivity contribution in [2.75, 3.05) is 11.1 Å². The number of carbonyl (C=O) groups is 1. The Morgan fingerprint density at radius 3 is 2.71 bits per heavy atom. The van der Waals surface area contributed by atoms with Crippen LogP contribution in [0.2, 0.25) is 0 Å². The molecule has 2 aromatic rings. The van der Waals surface area contributed by atoms with E-state index < -0.39 is 5.54 Å². The first-order valence-electron chi connectivity index (χ1n) is 6.55. The molecule has 8 heteroatoms. The molecule has 0 aliphatic carbocycles. The van der Waals surface area contributed by atoms with Gasteiger partial charge in [0, 0.05) is 17.6 Å². The molecule has 0 fully saturated rings. The summed E-state index contributed by atoms with van der Waals surface area (Å²) in [6, 6.07) is 0.234. The molecule has 2 heterocycles. The molecule has 2 aromatic heterocycles. The highest BCUT2D eigenvalue weighted by molar-refractivity contribution is 7.18. The van der Waals surface area contributed by atoms with Gasteiger partial charge in [0.15, 0.2) is 5.13 Å². The maximum atomic E-state index is 12.4. The Labute approximate surface area is 131 Å². The molecule has 0 radical (unpaired) electrons. The van der Waals surface area contributed by atoms with Gasteiger partial charge in [0.05, 0.1) is 5.54 Å². The van der Waals surface area contributed by atoms with Crippen LogP contribution >= 0.6 is 22.7 Å². The van der Waals surface area contributed by atoms with E-state index in [-0.39, 0.29) is 17.8 Å². The Morgan fingerprint density at radius 1 is 1.43 bits per heavy atom. The van der Waals surface area contributed by atoms with Gasteiger partial charge in [0.25, 0.3) is 5.91 Å². The zero-order valence-corrected chi connectivity index (χ0v) is 14.1.